The number of halogens is 1. The van der Waals surface area contributed by atoms with Crippen LogP contribution in [-0.2, 0) is 0 Å². The normalized spacial score (nSPS) is 10.4. The van der Waals surface area contributed by atoms with Crippen LogP contribution < -0.4 is 4.74 Å². The molecule has 0 aliphatic heterocycles. The van der Waals surface area contributed by atoms with E-state index < -0.39 is 5.97 Å². The molecule has 3 nitrogen and oxygen atoms in total. The van der Waals surface area contributed by atoms with Gasteiger partial charge in [-0.25, -0.2) is 4.79 Å². The second kappa shape index (κ2) is 4.14. The van der Waals surface area contributed by atoms with Gasteiger partial charge < -0.3 is 9.84 Å². The molecule has 4 heteroatoms. The molecule has 0 bridgehead atoms. The SMILES string of the molecule is COc1ccc(C(=O)O)c2ccc(Br)cc12. The van der Waals surface area contributed by atoms with E-state index in [0.29, 0.717) is 11.1 Å². The summed E-state index contributed by atoms with van der Waals surface area (Å²) in [6.07, 6.45) is 0. The van der Waals surface area contributed by atoms with Gasteiger partial charge in [0.25, 0.3) is 0 Å². The Kier molecular flexibility index (Phi) is 2.83. The van der Waals surface area contributed by atoms with E-state index >= 15 is 0 Å². The molecular weight excluding hydrogens is 272 g/mol. The Hall–Kier alpha value is -1.55. The molecule has 1 N–H and O–H groups in total. The van der Waals surface area contributed by atoms with Crippen LogP contribution in [0, 0.1) is 0 Å². The molecule has 0 atom stereocenters. The highest BCUT2D eigenvalue weighted by Gasteiger charge is 2.11. The third-order valence-electron chi connectivity index (χ3n) is 2.39. The summed E-state index contributed by atoms with van der Waals surface area (Å²) in [7, 11) is 1.57. The number of carboxylic acids is 1. The predicted octanol–water partition coefficient (Wildman–Crippen LogP) is 3.31. The monoisotopic (exact) mass is 280 g/mol. The van der Waals surface area contributed by atoms with Crippen molar-refractivity contribution in [2.24, 2.45) is 0 Å². The Balaban J connectivity index is 2.85. The maximum Gasteiger partial charge on any atom is 0.336 e. The Labute approximate surface area is 101 Å². The molecule has 2 aromatic carbocycles. The maximum absolute atomic E-state index is 11.0. The highest BCUT2D eigenvalue weighted by molar-refractivity contribution is 9.10. The summed E-state index contributed by atoms with van der Waals surface area (Å²) in [5.41, 5.74) is 0.281. The van der Waals surface area contributed by atoms with E-state index in [9.17, 15) is 4.79 Å². The first-order valence-electron chi connectivity index (χ1n) is 4.63. The summed E-state index contributed by atoms with van der Waals surface area (Å²) in [5.74, 6) is -0.267. The van der Waals surface area contributed by atoms with Crippen molar-refractivity contribution in [3.8, 4) is 5.75 Å². The lowest BCUT2D eigenvalue weighted by Crippen LogP contribution is -1.98. The highest BCUT2D eigenvalue weighted by Crippen LogP contribution is 2.30. The Morgan fingerprint density at radius 3 is 2.62 bits per heavy atom. The van der Waals surface area contributed by atoms with Gasteiger partial charge in [-0.3, -0.25) is 0 Å². The number of rotatable bonds is 2. The quantitative estimate of drug-likeness (QED) is 0.918. The molecular formula is C12H9BrO3. The van der Waals surface area contributed by atoms with Gasteiger partial charge in [-0.1, -0.05) is 22.0 Å². The molecule has 0 fully saturated rings. The summed E-state index contributed by atoms with van der Waals surface area (Å²) < 4.78 is 6.09. The van der Waals surface area contributed by atoms with Gasteiger partial charge in [0.1, 0.15) is 5.75 Å². The molecule has 0 heterocycles. The van der Waals surface area contributed by atoms with Crippen LogP contribution in [0.5, 0.6) is 5.75 Å². The van der Waals surface area contributed by atoms with Crippen molar-refractivity contribution in [1.29, 1.82) is 0 Å². The van der Waals surface area contributed by atoms with Gasteiger partial charge in [-0.2, -0.15) is 0 Å². The fourth-order valence-electron chi connectivity index (χ4n) is 1.66. The van der Waals surface area contributed by atoms with E-state index in [2.05, 4.69) is 15.9 Å². The minimum absolute atomic E-state index is 0.281. The standard InChI is InChI=1S/C12H9BrO3/c1-16-11-5-4-9(12(14)15)8-3-2-7(13)6-10(8)11/h2-6H,1H3,(H,14,15). The molecule has 82 valence electrons. The summed E-state index contributed by atoms with van der Waals surface area (Å²) in [4.78, 5) is 11.0. The zero-order chi connectivity index (χ0) is 11.7. The fourth-order valence-corrected chi connectivity index (χ4v) is 2.02. The number of benzene rings is 2. The number of ether oxygens (including phenoxy) is 1. The first-order valence-corrected chi connectivity index (χ1v) is 5.42. The number of hydrogen-bond donors (Lipinski definition) is 1. The molecule has 0 aromatic heterocycles. The Morgan fingerprint density at radius 1 is 1.25 bits per heavy atom. The molecule has 0 unspecified atom stereocenters. The first-order chi connectivity index (χ1) is 7.63. The number of aromatic carboxylic acids is 1. The summed E-state index contributed by atoms with van der Waals surface area (Å²) in [6.45, 7) is 0. The topological polar surface area (TPSA) is 46.5 Å². The van der Waals surface area contributed by atoms with Crippen molar-refractivity contribution in [3.05, 3.63) is 40.4 Å². The van der Waals surface area contributed by atoms with Gasteiger partial charge in [0, 0.05) is 9.86 Å². The van der Waals surface area contributed by atoms with Crippen LogP contribution in [-0.4, -0.2) is 18.2 Å². The van der Waals surface area contributed by atoms with Crippen LogP contribution in [0.25, 0.3) is 10.8 Å². The van der Waals surface area contributed by atoms with Crippen LogP contribution in [0.3, 0.4) is 0 Å². The van der Waals surface area contributed by atoms with Crippen LogP contribution in [0.4, 0.5) is 0 Å². The smallest absolute Gasteiger partial charge is 0.336 e. The van der Waals surface area contributed by atoms with Crippen molar-refractivity contribution < 1.29 is 14.6 Å². The molecule has 0 amide bonds. The van der Waals surface area contributed by atoms with E-state index in [-0.39, 0.29) is 5.56 Å². The van der Waals surface area contributed by atoms with Crippen LogP contribution in [0.15, 0.2) is 34.8 Å². The first kappa shape index (κ1) is 11.0. The Bertz CT molecular complexity index is 563. The molecule has 0 saturated heterocycles. The lowest BCUT2D eigenvalue weighted by atomic mass is 10.0. The summed E-state index contributed by atoms with van der Waals surface area (Å²) >= 11 is 3.35. The zero-order valence-electron chi connectivity index (χ0n) is 8.53. The van der Waals surface area contributed by atoms with Gasteiger partial charge in [-0.15, -0.1) is 0 Å². The number of carbonyl (C=O) groups is 1. The number of methoxy groups -OCH3 is 1. The summed E-state index contributed by atoms with van der Waals surface area (Å²) in [6, 6.07) is 8.65. The number of fused-ring (bicyclic) bond motifs is 1. The third-order valence-corrected chi connectivity index (χ3v) is 2.88. The van der Waals surface area contributed by atoms with Gasteiger partial charge in [0.05, 0.1) is 12.7 Å². The fraction of sp³-hybridized carbons (Fsp3) is 0.0833. The van der Waals surface area contributed by atoms with Gasteiger partial charge in [0.2, 0.25) is 0 Å². The minimum atomic E-state index is -0.935. The minimum Gasteiger partial charge on any atom is -0.496 e. The maximum atomic E-state index is 11.0. The molecule has 0 aliphatic carbocycles. The Morgan fingerprint density at radius 2 is 2.00 bits per heavy atom. The van der Waals surface area contributed by atoms with E-state index in [1.54, 1.807) is 25.3 Å². The van der Waals surface area contributed by atoms with Crippen molar-refractivity contribution in [2.45, 2.75) is 0 Å². The largest absolute Gasteiger partial charge is 0.496 e. The second-order valence-electron chi connectivity index (χ2n) is 3.31. The van der Waals surface area contributed by atoms with Crippen LogP contribution >= 0.6 is 15.9 Å². The lowest BCUT2D eigenvalue weighted by molar-refractivity contribution is 0.0699. The summed E-state index contributed by atoms with van der Waals surface area (Å²) in [5, 5.41) is 10.5. The van der Waals surface area contributed by atoms with Crippen molar-refractivity contribution in [1.82, 2.24) is 0 Å². The van der Waals surface area contributed by atoms with Crippen molar-refractivity contribution in [2.75, 3.05) is 7.11 Å². The molecule has 0 aliphatic rings. The third kappa shape index (κ3) is 1.76. The molecule has 16 heavy (non-hydrogen) atoms. The van der Waals surface area contributed by atoms with Crippen molar-refractivity contribution >= 4 is 32.7 Å². The van der Waals surface area contributed by atoms with Gasteiger partial charge in [-0.05, 0) is 29.7 Å². The van der Waals surface area contributed by atoms with E-state index in [1.807, 2.05) is 12.1 Å². The highest BCUT2D eigenvalue weighted by atomic mass is 79.9. The molecule has 0 radical (unpaired) electrons. The zero-order valence-corrected chi connectivity index (χ0v) is 10.1. The van der Waals surface area contributed by atoms with Crippen molar-refractivity contribution in [3.63, 3.8) is 0 Å². The average Bonchev–Trinajstić information content (AvgIpc) is 2.27. The number of hydrogen-bond acceptors (Lipinski definition) is 2. The van der Waals surface area contributed by atoms with Crippen LogP contribution in [0.1, 0.15) is 10.4 Å². The predicted molar refractivity (Wildman–Crippen MR) is 65.2 cm³/mol. The molecule has 0 saturated carbocycles. The molecule has 2 aromatic rings. The molecule has 2 rings (SSSR count). The number of carboxylic acid groups (broad SMARTS) is 1. The molecule has 0 spiro atoms. The lowest BCUT2D eigenvalue weighted by Gasteiger charge is -2.08. The average molecular weight is 281 g/mol. The van der Waals surface area contributed by atoms with E-state index in [0.717, 1.165) is 9.86 Å². The van der Waals surface area contributed by atoms with Crippen LogP contribution in [0.2, 0.25) is 0 Å². The van der Waals surface area contributed by atoms with Gasteiger partial charge in [0.15, 0.2) is 0 Å². The van der Waals surface area contributed by atoms with E-state index in [1.165, 1.54) is 0 Å². The van der Waals surface area contributed by atoms with Gasteiger partial charge >= 0.3 is 5.97 Å². The van der Waals surface area contributed by atoms with E-state index in [4.69, 9.17) is 9.84 Å². The second-order valence-corrected chi connectivity index (χ2v) is 4.23.